The molecule has 0 bridgehead atoms. The minimum atomic E-state index is 0.504. The van der Waals surface area contributed by atoms with Crippen LogP contribution in [0.1, 0.15) is 25.3 Å². The van der Waals surface area contributed by atoms with Gasteiger partial charge in [0.2, 0.25) is 0 Å². The highest BCUT2D eigenvalue weighted by Crippen LogP contribution is 2.34. The zero-order valence-electron chi connectivity index (χ0n) is 10.4. The normalized spacial score (nSPS) is 10.5. The maximum absolute atomic E-state index is 4.10. The van der Waals surface area contributed by atoms with Crippen LogP contribution in [0.15, 0.2) is 53.5 Å². The quantitative estimate of drug-likeness (QED) is 0.662. The Morgan fingerprint density at radius 2 is 1.47 bits per heavy atom. The van der Waals surface area contributed by atoms with Gasteiger partial charge in [-0.2, -0.15) is 0 Å². The van der Waals surface area contributed by atoms with E-state index in [4.69, 9.17) is 0 Å². The molecule has 0 unspecified atom stereocenters. The van der Waals surface area contributed by atoms with E-state index < -0.39 is 0 Å². The molecule has 0 saturated heterocycles. The summed E-state index contributed by atoms with van der Waals surface area (Å²) >= 11 is 0. The summed E-state index contributed by atoms with van der Waals surface area (Å²) in [5, 5.41) is 0. The van der Waals surface area contributed by atoms with Crippen LogP contribution in [0.5, 0.6) is 0 Å². The Morgan fingerprint density at radius 3 is 2.12 bits per heavy atom. The number of hydrogen-bond acceptors (Lipinski definition) is 1. The summed E-state index contributed by atoms with van der Waals surface area (Å²) < 4.78 is 0. The van der Waals surface area contributed by atoms with Gasteiger partial charge in [-0.25, -0.2) is 0 Å². The largest absolute Gasteiger partial charge is 0.264 e. The van der Waals surface area contributed by atoms with Crippen LogP contribution < -0.4 is 0 Å². The van der Waals surface area contributed by atoms with Crippen LogP contribution in [0.25, 0.3) is 11.1 Å². The predicted octanol–water partition coefficient (Wildman–Crippen LogP) is 4.81. The molecule has 86 valence electrons. The molecule has 0 amide bonds. The summed E-state index contributed by atoms with van der Waals surface area (Å²) in [6.07, 6.45) is 0. The van der Waals surface area contributed by atoms with E-state index in [1.807, 2.05) is 18.2 Å². The summed E-state index contributed by atoms with van der Waals surface area (Å²) in [5.74, 6) is 0.504. The maximum atomic E-state index is 4.10. The van der Waals surface area contributed by atoms with E-state index in [1.54, 1.807) is 0 Å². The molecule has 0 fully saturated rings. The molecule has 17 heavy (non-hydrogen) atoms. The van der Waals surface area contributed by atoms with Gasteiger partial charge >= 0.3 is 0 Å². The summed E-state index contributed by atoms with van der Waals surface area (Å²) in [7, 11) is 0. The third-order valence-corrected chi connectivity index (χ3v) is 2.95. The van der Waals surface area contributed by atoms with Crippen molar-refractivity contribution in [3.8, 4) is 11.1 Å². The van der Waals surface area contributed by atoms with E-state index in [1.165, 1.54) is 11.1 Å². The molecule has 2 rings (SSSR count). The van der Waals surface area contributed by atoms with Crippen molar-refractivity contribution in [3.05, 3.63) is 54.1 Å². The van der Waals surface area contributed by atoms with Crippen LogP contribution in [-0.2, 0) is 0 Å². The van der Waals surface area contributed by atoms with Gasteiger partial charge in [-0.15, -0.1) is 0 Å². The Bertz CT molecular complexity index is 527. The third kappa shape index (κ3) is 2.28. The monoisotopic (exact) mass is 223 g/mol. The lowest BCUT2D eigenvalue weighted by atomic mass is 9.92. The third-order valence-electron chi connectivity index (χ3n) is 2.95. The standard InChI is InChI=1S/C16H17N/c1-12(2)13-8-4-5-9-14(13)15-10-6-7-11-16(15)17-3/h4-12H,3H2,1-2H3. The molecule has 0 aliphatic heterocycles. The molecular weight excluding hydrogens is 206 g/mol. The van der Waals surface area contributed by atoms with Gasteiger partial charge in [0.15, 0.2) is 0 Å². The fourth-order valence-electron chi connectivity index (χ4n) is 2.09. The summed E-state index contributed by atoms with van der Waals surface area (Å²) in [4.78, 5) is 4.10. The van der Waals surface area contributed by atoms with Crippen LogP contribution in [0, 0.1) is 0 Å². The van der Waals surface area contributed by atoms with E-state index >= 15 is 0 Å². The molecule has 0 radical (unpaired) electrons. The molecule has 0 saturated carbocycles. The predicted molar refractivity (Wildman–Crippen MR) is 75.2 cm³/mol. The number of rotatable bonds is 3. The van der Waals surface area contributed by atoms with Crippen molar-refractivity contribution in [1.82, 2.24) is 0 Å². The fraction of sp³-hybridized carbons (Fsp3) is 0.188. The Morgan fingerprint density at radius 1 is 0.882 bits per heavy atom. The molecule has 0 N–H and O–H groups in total. The van der Waals surface area contributed by atoms with E-state index in [2.05, 4.69) is 55.9 Å². The average molecular weight is 223 g/mol. The lowest BCUT2D eigenvalue weighted by Crippen LogP contribution is -1.92. The van der Waals surface area contributed by atoms with E-state index in [0.717, 1.165) is 11.3 Å². The molecule has 0 aliphatic carbocycles. The number of benzene rings is 2. The Labute approximate surface area is 103 Å². The minimum absolute atomic E-state index is 0.504. The number of nitrogens with zero attached hydrogens (tertiary/aromatic N) is 1. The Hall–Kier alpha value is -1.89. The van der Waals surface area contributed by atoms with Gasteiger partial charge in [0.1, 0.15) is 0 Å². The number of para-hydroxylation sites is 1. The van der Waals surface area contributed by atoms with Crippen molar-refractivity contribution >= 4 is 12.4 Å². The van der Waals surface area contributed by atoms with E-state index in [-0.39, 0.29) is 0 Å². The average Bonchev–Trinajstić information content (AvgIpc) is 2.38. The molecule has 0 aromatic heterocycles. The molecule has 1 heteroatoms. The van der Waals surface area contributed by atoms with Crippen LogP contribution in [-0.4, -0.2) is 6.72 Å². The highest BCUT2D eigenvalue weighted by molar-refractivity contribution is 5.79. The molecule has 0 atom stereocenters. The molecule has 1 nitrogen and oxygen atoms in total. The van der Waals surface area contributed by atoms with Crippen molar-refractivity contribution in [1.29, 1.82) is 0 Å². The number of aliphatic imine (C=N–C) groups is 1. The van der Waals surface area contributed by atoms with E-state index in [0.29, 0.717) is 5.92 Å². The maximum Gasteiger partial charge on any atom is 0.0700 e. The molecule has 2 aromatic carbocycles. The smallest absolute Gasteiger partial charge is 0.0700 e. The van der Waals surface area contributed by atoms with Crippen LogP contribution >= 0.6 is 0 Å². The first kappa shape index (κ1) is 11.6. The fourth-order valence-corrected chi connectivity index (χ4v) is 2.09. The molecule has 0 spiro atoms. The van der Waals surface area contributed by atoms with Crippen LogP contribution in [0.4, 0.5) is 5.69 Å². The van der Waals surface area contributed by atoms with Crippen LogP contribution in [0.3, 0.4) is 0 Å². The van der Waals surface area contributed by atoms with Gasteiger partial charge in [0, 0.05) is 5.56 Å². The summed E-state index contributed by atoms with van der Waals surface area (Å²) in [5.41, 5.74) is 4.71. The lowest BCUT2D eigenvalue weighted by Gasteiger charge is -2.14. The highest BCUT2D eigenvalue weighted by Gasteiger charge is 2.10. The van der Waals surface area contributed by atoms with Crippen molar-refractivity contribution in [2.75, 3.05) is 0 Å². The first-order valence-electron chi connectivity index (χ1n) is 5.89. The Kier molecular flexibility index (Phi) is 3.38. The number of hydrogen-bond donors (Lipinski definition) is 0. The highest BCUT2D eigenvalue weighted by atomic mass is 14.7. The van der Waals surface area contributed by atoms with Gasteiger partial charge in [-0.1, -0.05) is 56.3 Å². The zero-order chi connectivity index (χ0) is 12.3. The first-order valence-corrected chi connectivity index (χ1v) is 5.89. The van der Waals surface area contributed by atoms with Gasteiger partial charge < -0.3 is 0 Å². The zero-order valence-corrected chi connectivity index (χ0v) is 10.4. The van der Waals surface area contributed by atoms with Crippen LogP contribution in [0.2, 0.25) is 0 Å². The first-order chi connectivity index (χ1) is 8.24. The van der Waals surface area contributed by atoms with E-state index in [9.17, 15) is 0 Å². The summed E-state index contributed by atoms with van der Waals surface area (Å²) in [6, 6.07) is 16.6. The molecule has 0 aliphatic rings. The Balaban J connectivity index is 2.64. The molecule has 2 aromatic rings. The van der Waals surface area contributed by atoms with Crippen molar-refractivity contribution in [2.24, 2.45) is 4.99 Å². The van der Waals surface area contributed by atoms with Gasteiger partial charge in [-0.05, 0) is 29.8 Å². The second-order valence-electron chi connectivity index (χ2n) is 4.42. The molecular formula is C16H17N. The van der Waals surface area contributed by atoms with Gasteiger partial charge in [0.05, 0.1) is 5.69 Å². The van der Waals surface area contributed by atoms with Crippen molar-refractivity contribution in [3.63, 3.8) is 0 Å². The second-order valence-corrected chi connectivity index (χ2v) is 4.42. The SMILES string of the molecule is C=Nc1ccccc1-c1ccccc1C(C)C. The van der Waals surface area contributed by atoms with Gasteiger partial charge in [0.25, 0.3) is 0 Å². The second kappa shape index (κ2) is 4.96. The van der Waals surface area contributed by atoms with Crippen molar-refractivity contribution in [2.45, 2.75) is 19.8 Å². The van der Waals surface area contributed by atoms with Gasteiger partial charge in [-0.3, -0.25) is 4.99 Å². The topological polar surface area (TPSA) is 12.4 Å². The lowest BCUT2D eigenvalue weighted by molar-refractivity contribution is 0.869. The van der Waals surface area contributed by atoms with Crippen molar-refractivity contribution < 1.29 is 0 Å². The summed E-state index contributed by atoms with van der Waals surface area (Å²) in [6.45, 7) is 8.06. The molecule has 0 heterocycles. The minimum Gasteiger partial charge on any atom is -0.264 e.